The summed E-state index contributed by atoms with van der Waals surface area (Å²) in [6.45, 7) is 2.50. The van der Waals surface area contributed by atoms with Crippen LogP contribution >= 0.6 is 0 Å². The molecule has 0 saturated heterocycles. The highest BCUT2D eigenvalue weighted by atomic mass is 16.3. The van der Waals surface area contributed by atoms with Gasteiger partial charge in [-0.1, -0.05) is 6.92 Å². The monoisotopic (exact) mass is 251 g/mol. The Labute approximate surface area is 108 Å². The number of aryl methyl sites for hydroxylation is 1. The fourth-order valence-electron chi connectivity index (χ4n) is 2.36. The van der Waals surface area contributed by atoms with Gasteiger partial charge in [-0.25, -0.2) is 0 Å². The highest BCUT2D eigenvalue weighted by molar-refractivity contribution is 5.95. The number of nitrogens with zero attached hydrogens (tertiary/aromatic N) is 1. The molecular weight excluding hydrogens is 230 g/mol. The smallest absolute Gasteiger partial charge is 0.257 e. The molecule has 1 aliphatic rings. The quantitative estimate of drug-likeness (QED) is 0.843. The van der Waals surface area contributed by atoms with Crippen molar-refractivity contribution in [2.45, 2.75) is 45.1 Å². The van der Waals surface area contributed by atoms with Gasteiger partial charge in [0.25, 0.3) is 5.91 Å². The number of hydrogen-bond donors (Lipinski definition) is 1. The molecule has 0 aromatic carbocycles. The van der Waals surface area contributed by atoms with E-state index in [0.717, 1.165) is 31.4 Å². The molecule has 1 aliphatic carbocycles. The van der Waals surface area contributed by atoms with E-state index in [2.05, 4.69) is 6.92 Å². The number of rotatable bonds is 6. The molecular formula is C14H21NO3. The molecule has 0 atom stereocenters. The van der Waals surface area contributed by atoms with E-state index in [-0.39, 0.29) is 12.5 Å². The van der Waals surface area contributed by atoms with Crippen molar-refractivity contribution < 1.29 is 14.3 Å². The van der Waals surface area contributed by atoms with Crippen molar-refractivity contribution >= 4 is 5.91 Å². The Kier molecular flexibility index (Phi) is 4.42. The van der Waals surface area contributed by atoms with E-state index in [4.69, 9.17) is 9.52 Å². The first-order chi connectivity index (χ1) is 8.77. The number of carbonyl (C=O) groups excluding carboxylic acids is 1. The van der Waals surface area contributed by atoms with Gasteiger partial charge in [0.2, 0.25) is 0 Å². The summed E-state index contributed by atoms with van der Waals surface area (Å²) in [6.07, 6.45) is 6.59. The van der Waals surface area contributed by atoms with Gasteiger partial charge in [-0.3, -0.25) is 4.79 Å². The lowest BCUT2D eigenvalue weighted by Crippen LogP contribution is -2.45. The van der Waals surface area contributed by atoms with E-state index < -0.39 is 0 Å². The van der Waals surface area contributed by atoms with Crippen molar-refractivity contribution in [3.63, 3.8) is 0 Å². The zero-order chi connectivity index (χ0) is 13.0. The summed E-state index contributed by atoms with van der Waals surface area (Å²) < 4.78 is 5.38. The van der Waals surface area contributed by atoms with Crippen molar-refractivity contribution in [1.82, 2.24) is 4.90 Å². The van der Waals surface area contributed by atoms with E-state index >= 15 is 0 Å². The second kappa shape index (κ2) is 6.05. The lowest BCUT2D eigenvalue weighted by Gasteiger charge is -2.37. The maximum Gasteiger partial charge on any atom is 0.257 e. The Bertz CT molecular complexity index is 395. The average molecular weight is 251 g/mol. The van der Waals surface area contributed by atoms with Crippen molar-refractivity contribution in [2.24, 2.45) is 0 Å². The first-order valence-corrected chi connectivity index (χ1v) is 6.76. The minimum atomic E-state index is 0.00551. The number of furan rings is 1. The molecule has 1 fully saturated rings. The van der Waals surface area contributed by atoms with E-state index in [0.29, 0.717) is 18.2 Å². The molecule has 1 heterocycles. The van der Waals surface area contributed by atoms with Crippen LogP contribution in [0.5, 0.6) is 0 Å². The highest BCUT2D eigenvalue weighted by Gasteiger charge is 2.30. The Balaban J connectivity index is 2.13. The molecule has 0 unspecified atom stereocenters. The number of aliphatic hydroxyl groups is 1. The topological polar surface area (TPSA) is 53.7 Å². The standard InChI is InChI=1S/C14H21NO3/c1-2-4-13-12(7-10-18-13)14(17)15(8-9-16)11-5-3-6-11/h7,10-11,16H,2-6,8-9H2,1H3. The van der Waals surface area contributed by atoms with Crippen LogP contribution < -0.4 is 0 Å². The summed E-state index contributed by atoms with van der Waals surface area (Å²) in [5.41, 5.74) is 0.664. The van der Waals surface area contributed by atoms with Crippen LogP contribution in [0.15, 0.2) is 16.7 Å². The summed E-state index contributed by atoms with van der Waals surface area (Å²) >= 11 is 0. The third-order valence-electron chi connectivity index (χ3n) is 3.57. The second-order valence-electron chi connectivity index (χ2n) is 4.81. The molecule has 1 N–H and O–H groups in total. The minimum Gasteiger partial charge on any atom is -0.469 e. The first-order valence-electron chi connectivity index (χ1n) is 6.76. The van der Waals surface area contributed by atoms with Crippen molar-refractivity contribution in [1.29, 1.82) is 0 Å². The van der Waals surface area contributed by atoms with Crippen LogP contribution in [-0.2, 0) is 6.42 Å². The second-order valence-corrected chi connectivity index (χ2v) is 4.81. The normalized spacial score (nSPS) is 15.4. The van der Waals surface area contributed by atoms with E-state index in [1.165, 1.54) is 6.42 Å². The van der Waals surface area contributed by atoms with Crippen molar-refractivity contribution in [3.8, 4) is 0 Å². The zero-order valence-electron chi connectivity index (χ0n) is 10.9. The van der Waals surface area contributed by atoms with Gasteiger partial charge >= 0.3 is 0 Å². The highest BCUT2D eigenvalue weighted by Crippen LogP contribution is 2.27. The SMILES string of the molecule is CCCc1occc1C(=O)N(CCO)C1CCC1. The van der Waals surface area contributed by atoms with Crippen molar-refractivity contribution in [2.75, 3.05) is 13.2 Å². The van der Waals surface area contributed by atoms with Gasteiger partial charge < -0.3 is 14.4 Å². The molecule has 100 valence electrons. The van der Waals surface area contributed by atoms with E-state index in [1.54, 1.807) is 17.2 Å². The van der Waals surface area contributed by atoms with Crippen LogP contribution in [0.3, 0.4) is 0 Å². The van der Waals surface area contributed by atoms with Gasteiger partial charge in [-0.15, -0.1) is 0 Å². The lowest BCUT2D eigenvalue weighted by atomic mass is 9.91. The van der Waals surface area contributed by atoms with Gasteiger partial charge in [0.1, 0.15) is 5.76 Å². The fourth-order valence-corrected chi connectivity index (χ4v) is 2.36. The predicted molar refractivity (Wildman–Crippen MR) is 68.5 cm³/mol. The molecule has 1 aromatic rings. The van der Waals surface area contributed by atoms with E-state index in [9.17, 15) is 4.79 Å². The maximum atomic E-state index is 12.5. The van der Waals surface area contributed by atoms with Crippen LogP contribution in [-0.4, -0.2) is 35.1 Å². The average Bonchev–Trinajstić information content (AvgIpc) is 2.74. The summed E-state index contributed by atoms with van der Waals surface area (Å²) in [7, 11) is 0. The molecule has 1 amide bonds. The van der Waals surface area contributed by atoms with Gasteiger partial charge in [0.05, 0.1) is 18.4 Å². The summed E-state index contributed by atoms with van der Waals surface area (Å²) in [4.78, 5) is 14.3. The minimum absolute atomic E-state index is 0.00551. The largest absolute Gasteiger partial charge is 0.469 e. The van der Waals surface area contributed by atoms with Crippen LogP contribution in [0, 0.1) is 0 Å². The predicted octanol–water partition coefficient (Wildman–Crippen LogP) is 2.22. The van der Waals surface area contributed by atoms with Gasteiger partial charge in [0, 0.05) is 19.0 Å². The molecule has 0 bridgehead atoms. The molecule has 0 aliphatic heterocycles. The Morgan fingerprint density at radius 2 is 2.33 bits per heavy atom. The number of amides is 1. The molecule has 18 heavy (non-hydrogen) atoms. The number of hydrogen-bond acceptors (Lipinski definition) is 3. The maximum absolute atomic E-state index is 12.5. The summed E-state index contributed by atoms with van der Waals surface area (Å²) in [5, 5.41) is 9.11. The first kappa shape index (κ1) is 13.1. The molecule has 4 nitrogen and oxygen atoms in total. The Morgan fingerprint density at radius 1 is 1.56 bits per heavy atom. The van der Waals surface area contributed by atoms with Crippen molar-refractivity contribution in [3.05, 3.63) is 23.7 Å². The lowest BCUT2D eigenvalue weighted by molar-refractivity contribution is 0.0523. The van der Waals surface area contributed by atoms with Crippen LogP contribution in [0.25, 0.3) is 0 Å². The molecule has 0 spiro atoms. The molecule has 4 heteroatoms. The Hall–Kier alpha value is -1.29. The third-order valence-corrected chi connectivity index (χ3v) is 3.57. The van der Waals surface area contributed by atoms with Crippen LogP contribution in [0.2, 0.25) is 0 Å². The summed E-state index contributed by atoms with van der Waals surface area (Å²) in [6, 6.07) is 2.05. The Morgan fingerprint density at radius 3 is 2.89 bits per heavy atom. The summed E-state index contributed by atoms with van der Waals surface area (Å²) in [5.74, 6) is 0.774. The van der Waals surface area contributed by atoms with Crippen LogP contribution in [0.4, 0.5) is 0 Å². The molecule has 1 saturated carbocycles. The zero-order valence-corrected chi connectivity index (χ0v) is 10.9. The third kappa shape index (κ3) is 2.58. The molecule has 2 rings (SSSR count). The van der Waals surface area contributed by atoms with E-state index in [1.807, 2.05) is 0 Å². The van der Waals surface area contributed by atoms with Crippen LogP contribution in [0.1, 0.15) is 48.7 Å². The van der Waals surface area contributed by atoms with Gasteiger partial charge in [0.15, 0.2) is 0 Å². The van der Waals surface area contributed by atoms with Gasteiger partial charge in [-0.2, -0.15) is 0 Å². The molecule has 0 radical (unpaired) electrons. The number of aliphatic hydroxyl groups excluding tert-OH is 1. The fraction of sp³-hybridized carbons (Fsp3) is 0.643. The number of carbonyl (C=O) groups is 1. The van der Waals surface area contributed by atoms with Gasteiger partial charge in [-0.05, 0) is 31.7 Å². The molecule has 1 aromatic heterocycles.